The van der Waals surface area contributed by atoms with E-state index in [1.807, 2.05) is 0 Å². The molecule has 0 spiro atoms. The van der Waals surface area contributed by atoms with Crippen LogP contribution in [0.15, 0.2) is 45.1 Å². The lowest BCUT2D eigenvalue weighted by Crippen LogP contribution is -2.40. The monoisotopic (exact) mass is 430 g/mol. The Balaban J connectivity index is 1.80. The summed E-state index contributed by atoms with van der Waals surface area (Å²) in [5, 5.41) is 2.73. The van der Waals surface area contributed by atoms with E-state index in [1.165, 1.54) is 27.8 Å². The lowest BCUT2D eigenvalue weighted by atomic mass is 10.3. The van der Waals surface area contributed by atoms with E-state index in [9.17, 15) is 13.2 Å². The van der Waals surface area contributed by atoms with Crippen molar-refractivity contribution in [3.05, 3.63) is 45.1 Å². The van der Waals surface area contributed by atoms with Crippen LogP contribution in [0.1, 0.15) is 9.67 Å². The van der Waals surface area contributed by atoms with Gasteiger partial charge in [0, 0.05) is 18.8 Å². The lowest BCUT2D eigenvalue weighted by Gasteiger charge is -2.26. The van der Waals surface area contributed by atoms with Crippen molar-refractivity contribution in [3.8, 4) is 0 Å². The largest absolute Gasteiger partial charge is 0.379 e. The van der Waals surface area contributed by atoms with E-state index < -0.39 is 10.0 Å². The molecule has 0 saturated carbocycles. The number of nitrogens with zero attached hydrogens (tertiary/aromatic N) is 1. The molecule has 1 aromatic heterocycles. The minimum Gasteiger partial charge on any atom is -0.379 e. The van der Waals surface area contributed by atoms with Crippen LogP contribution in [0.25, 0.3) is 0 Å². The summed E-state index contributed by atoms with van der Waals surface area (Å²) < 4.78 is 32.8. The fraction of sp³-hybridized carbons (Fsp3) is 0.267. The van der Waals surface area contributed by atoms with Gasteiger partial charge in [-0.05, 0) is 46.3 Å². The zero-order chi connectivity index (χ0) is 17.2. The number of halogens is 1. The molecule has 6 nitrogen and oxygen atoms in total. The Labute approximate surface area is 152 Å². The Hall–Kier alpha value is -1.26. The fourth-order valence-electron chi connectivity index (χ4n) is 2.30. The van der Waals surface area contributed by atoms with Gasteiger partial charge in [0.05, 0.1) is 26.8 Å². The van der Waals surface area contributed by atoms with Crippen LogP contribution in [0.4, 0.5) is 5.69 Å². The van der Waals surface area contributed by atoms with E-state index in [1.54, 1.807) is 24.3 Å². The van der Waals surface area contributed by atoms with E-state index in [2.05, 4.69) is 21.2 Å². The van der Waals surface area contributed by atoms with Crippen LogP contribution < -0.4 is 5.32 Å². The van der Waals surface area contributed by atoms with Crippen molar-refractivity contribution < 1.29 is 17.9 Å². The van der Waals surface area contributed by atoms with Gasteiger partial charge in [0.25, 0.3) is 5.91 Å². The smallest absolute Gasteiger partial charge is 0.265 e. The predicted octanol–water partition coefficient (Wildman–Crippen LogP) is 2.78. The van der Waals surface area contributed by atoms with Gasteiger partial charge in [0.2, 0.25) is 10.0 Å². The Bertz CT molecular complexity index is 845. The standard InChI is InChI=1S/C15H15BrN2O4S2/c16-14-5-4-13(23-14)15(19)17-11-2-1-3-12(10-11)24(20,21)18-6-8-22-9-7-18/h1-5,10H,6-9H2,(H,17,19). The Morgan fingerprint density at radius 2 is 1.96 bits per heavy atom. The van der Waals surface area contributed by atoms with E-state index in [0.29, 0.717) is 36.9 Å². The predicted molar refractivity (Wildman–Crippen MR) is 96.0 cm³/mol. The number of rotatable bonds is 4. The van der Waals surface area contributed by atoms with E-state index in [-0.39, 0.29) is 10.8 Å². The molecule has 0 aliphatic carbocycles. The Morgan fingerprint density at radius 3 is 2.62 bits per heavy atom. The highest BCUT2D eigenvalue weighted by Gasteiger charge is 2.26. The third kappa shape index (κ3) is 3.86. The molecule has 128 valence electrons. The first-order chi connectivity index (χ1) is 11.5. The number of hydrogen-bond donors (Lipinski definition) is 1. The molecule has 1 aliphatic rings. The first-order valence-corrected chi connectivity index (χ1v) is 10.3. The number of amides is 1. The van der Waals surface area contributed by atoms with Gasteiger partial charge in [0.1, 0.15) is 0 Å². The van der Waals surface area contributed by atoms with Crippen molar-refractivity contribution in [3.63, 3.8) is 0 Å². The molecule has 0 unspecified atom stereocenters. The molecule has 1 aromatic carbocycles. The summed E-state index contributed by atoms with van der Waals surface area (Å²) in [5.74, 6) is -0.272. The number of ether oxygens (including phenoxy) is 1. The number of carbonyl (C=O) groups excluding carboxylic acids is 1. The Morgan fingerprint density at radius 1 is 1.21 bits per heavy atom. The molecule has 9 heteroatoms. The fourth-order valence-corrected chi connectivity index (χ4v) is 5.04. The number of anilines is 1. The van der Waals surface area contributed by atoms with Gasteiger partial charge in [-0.2, -0.15) is 4.31 Å². The first-order valence-electron chi connectivity index (χ1n) is 7.21. The van der Waals surface area contributed by atoms with Crippen molar-refractivity contribution in [1.82, 2.24) is 4.31 Å². The summed E-state index contributed by atoms with van der Waals surface area (Å²) in [7, 11) is -3.58. The molecule has 1 amide bonds. The zero-order valence-electron chi connectivity index (χ0n) is 12.6. The average molecular weight is 431 g/mol. The zero-order valence-corrected chi connectivity index (χ0v) is 15.8. The van der Waals surface area contributed by atoms with Crippen molar-refractivity contribution >= 4 is 48.9 Å². The topological polar surface area (TPSA) is 75.7 Å². The molecular weight excluding hydrogens is 416 g/mol. The number of thiophene rings is 1. The second-order valence-corrected chi connectivity index (χ2v) is 9.50. The molecule has 3 rings (SSSR count). The van der Waals surface area contributed by atoms with E-state index in [0.717, 1.165) is 3.79 Å². The average Bonchev–Trinajstić information content (AvgIpc) is 3.02. The summed E-state index contributed by atoms with van der Waals surface area (Å²) in [6.07, 6.45) is 0. The van der Waals surface area contributed by atoms with Crippen molar-refractivity contribution in [2.24, 2.45) is 0 Å². The number of morpholine rings is 1. The summed E-state index contributed by atoms with van der Waals surface area (Å²) in [5.41, 5.74) is 0.443. The summed E-state index contributed by atoms with van der Waals surface area (Å²) in [6, 6.07) is 9.79. The number of sulfonamides is 1. The van der Waals surface area contributed by atoms with E-state index in [4.69, 9.17) is 4.74 Å². The molecule has 24 heavy (non-hydrogen) atoms. The summed E-state index contributed by atoms with van der Waals surface area (Å²) in [4.78, 5) is 12.9. The number of benzene rings is 1. The molecule has 1 N–H and O–H groups in total. The Kier molecular flexibility index (Phi) is 5.36. The molecule has 0 radical (unpaired) electrons. The van der Waals surface area contributed by atoms with Crippen LogP contribution in [0.2, 0.25) is 0 Å². The van der Waals surface area contributed by atoms with E-state index >= 15 is 0 Å². The molecule has 0 atom stereocenters. The molecule has 2 aromatic rings. The van der Waals surface area contributed by atoms with Gasteiger partial charge in [0.15, 0.2) is 0 Å². The SMILES string of the molecule is O=C(Nc1cccc(S(=O)(=O)N2CCOCC2)c1)c1ccc(Br)s1. The van der Waals surface area contributed by atoms with Crippen LogP contribution >= 0.6 is 27.3 Å². The maximum atomic E-state index is 12.7. The first kappa shape index (κ1) is 17.6. The summed E-state index contributed by atoms with van der Waals surface area (Å²) >= 11 is 4.62. The number of hydrogen-bond acceptors (Lipinski definition) is 5. The molecule has 1 saturated heterocycles. The van der Waals surface area contributed by atoms with Gasteiger partial charge in [-0.1, -0.05) is 6.07 Å². The second-order valence-electron chi connectivity index (χ2n) is 5.10. The van der Waals surface area contributed by atoms with Crippen LogP contribution in [0.3, 0.4) is 0 Å². The van der Waals surface area contributed by atoms with Gasteiger partial charge in [-0.15, -0.1) is 11.3 Å². The number of nitrogens with one attached hydrogen (secondary N) is 1. The highest BCUT2D eigenvalue weighted by atomic mass is 79.9. The van der Waals surface area contributed by atoms with Gasteiger partial charge in [-0.25, -0.2) is 8.42 Å². The molecule has 2 heterocycles. The lowest BCUT2D eigenvalue weighted by molar-refractivity contribution is 0.0730. The van der Waals surface area contributed by atoms with Gasteiger partial charge in [-0.3, -0.25) is 4.79 Å². The van der Waals surface area contributed by atoms with Gasteiger partial charge < -0.3 is 10.1 Å². The quantitative estimate of drug-likeness (QED) is 0.808. The third-order valence-corrected chi connectivity index (χ3v) is 7.01. The summed E-state index contributed by atoms with van der Waals surface area (Å²) in [6.45, 7) is 1.45. The van der Waals surface area contributed by atoms with Gasteiger partial charge >= 0.3 is 0 Å². The molecule has 1 fully saturated rings. The molecule has 0 bridgehead atoms. The minimum absolute atomic E-state index is 0.162. The highest BCUT2D eigenvalue weighted by molar-refractivity contribution is 9.11. The van der Waals surface area contributed by atoms with Crippen molar-refractivity contribution in [1.29, 1.82) is 0 Å². The highest BCUT2D eigenvalue weighted by Crippen LogP contribution is 2.24. The minimum atomic E-state index is -3.58. The third-order valence-electron chi connectivity index (χ3n) is 3.50. The molecule has 1 aliphatic heterocycles. The van der Waals surface area contributed by atoms with Crippen LogP contribution in [0.5, 0.6) is 0 Å². The second kappa shape index (κ2) is 7.32. The van der Waals surface area contributed by atoms with Crippen molar-refractivity contribution in [2.45, 2.75) is 4.90 Å². The van der Waals surface area contributed by atoms with Crippen LogP contribution in [-0.2, 0) is 14.8 Å². The maximum Gasteiger partial charge on any atom is 0.265 e. The van der Waals surface area contributed by atoms with Crippen LogP contribution in [-0.4, -0.2) is 44.9 Å². The molecular formula is C15H15BrN2O4S2. The van der Waals surface area contributed by atoms with Crippen molar-refractivity contribution in [2.75, 3.05) is 31.6 Å². The van der Waals surface area contributed by atoms with Crippen LogP contribution in [0, 0.1) is 0 Å². The maximum absolute atomic E-state index is 12.7. The normalized spacial score (nSPS) is 16.0. The number of carbonyl (C=O) groups is 1.